The van der Waals surface area contributed by atoms with Gasteiger partial charge >= 0.3 is 5.97 Å². The Bertz CT molecular complexity index is 2440. The molecular formula is C36H48N3O16S4+. The van der Waals surface area contributed by atoms with Gasteiger partial charge < -0.3 is 9.74 Å². The van der Waals surface area contributed by atoms with E-state index in [1.54, 1.807) is 48.5 Å². The Morgan fingerprint density at radius 1 is 0.763 bits per heavy atom. The molecule has 2 amide bonds. The summed E-state index contributed by atoms with van der Waals surface area (Å²) < 4.78 is 133. The van der Waals surface area contributed by atoms with Crippen LogP contribution in [0.25, 0.3) is 0 Å². The lowest BCUT2D eigenvalue weighted by molar-refractivity contribution is -0.441. The lowest BCUT2D eigenvalue weighted by Gasteiger charge is -2.27. The van der Waals surface area contributed by atoms with Crippen LogP contribution >= 0.6 is 0 Å². The van der Waals surface area contributed by atoms with Gasteiger partial charge in [-0.05, 0) is 82.0 Å². The molecule has 1 heterocycles. The monoisotopic (exact) mass is 906 g/mol. The Labute approximate surface area is 344 Å². The summed E-state index contributed by atoms with van der Waals surface area (Å²) in [6, 6.07) is 7.66. The minimum atomic E-state index is -4.58. The van der Waals surface area contributed by atoms with E-state index in [-0.39, 0.29) is 61.4 Å². The predicted molar refractivity (Wildman–Crippen MR) is 214 cm³/mol. The van der Waals surface area contributed by atoms with Crippen LogP contribution in [0.4, 0.5) is 11.4 Å². The summed E-state index contributed by atoms with van der Waals surface area (Å²) >= 11 is 0. The number of allylic oxidation sites excluding steroid dienone is 4. The normalized spacial score (nSPS) is 14.9. The molecule has 0 saturated carbocycles. The van der Waals surface area contributed by atoms with Gasteiger partial charge in [-0.2, -0.15) is 38.2 Å². The summed E-state index contributed by atoms with van der Waals surface area (Å²) in [6.45, 7) is 4.88. The van der Waals surface area contributed by atoms with Crippen molar-refractivity contribution in [2.45, 2.75) is 88.3 Å². The van der Waals surface area contributed by atoms with Crippen molar-refractivity contribution >= 4 is 75.3 Å². The molecule has 0 unspecified atom stereocenters. The molecule has 326 valence electrons. The second-order valence-electron chi connectivity index (χ2n) is 13.7. The molecule has 23 heteroatoms. The van der Waals surface area contributed by atoms with Gasteiger partial charge in [-0.15, -0.1) is 5.06 Å². The van der Waals surface area contributed by atoms with Crippen molar-refractivity contribution in [1.29, 1.82) is 0 Å². The molecule has 1 saturated heterocycles. The standard InChI is InChI=1S/C36H47N3O16S4/c1-26-24-30(58(49,50)51)14-16-32(26)37(20-8-22-56(43,44)45)28(3)10-7-12-29(11-5-4-6-13-36(42)55-39-34(40)18-19-35(39)41)38(21-9-23-57(46,47)48)33-17-15-31(25-27(33)2)59(52,53)54/h7,10,12,14-17,24-25H,4-6,8-9,11,13,18-23H2,1-3H3,(H3-,43,44,45,46,47,48,49,50,51,52,53,54)/p+1. The molecular weight excluding hydrogens is 859 g/mol. The van der Waals surface area contributed by atoms with Crippen LogP contribution in [0, 0.1) is 13.8 Å². The number of amides is 2. The van der Waals surface area contributed by atoms with Crippen molar-refractivity contribution in [2.24, 2.45) is 0 Å². The van der Waals surface area contributed by atoms with E-state index >= 15 is 0 Å². The zero-order chi connectivity index (χ0) is 44.3. The minimum absolute atomic E-state index is 0.000490. The number of imide groups is 1. The largest absolute Gasteiger partial charge is 0.345 e. The maximum Gasteiger partial charge on any atom is 0.333 e. The predicted octanol–water partition coefficient (Wildman–Crippen LogP) is 3.96. The lowest BCUT2D eigenvalue weighted by atomic mass is 10.1. The van der Waals surface area contributed by atoms with Crippen molar-refractivity contribution in [2.75, 3.05) is 29.5 Å². The quantitative estimate of drug-likeness (QED) is 0.0325. The second-order valence-corrected chi connectivity index (χ2v) is 19.7. The highest BCUT2D eigenvalue weighted by molar-refractivity contribution is 7.86. The zero-order valence-electron chi connectivity index (χ0n) is 32.6. The molecule has 0 radical (unpaired) electrons. The van der Waals surface area contributed by atoms with Crippen molar-refractivity contribution in [1.82, 2.24) is 5.06 Å². The lowest BCUT2D eigenvalue weighted by Crippen LogP contribution is -2.31. The van der Waals surface area contributed by atoms with E-state index in [0.717, 1.165) is 0 Å². The zero-order valence-corrected chi connectivity index (χ0v) is 35.8. The van der Waals surface area contributed by atoms with Crippen molar-refractivity contribution in [3.8, 4) is 0 Å². The van der Waals surface area contributed by atoms with Crippen LogP contribution in [0.2, 0.25) is 0 Å². The number of carbonyl (C=O) groups is 3. The van der Waals surface area contributed by atoms with Crippen LogP contribution in [0.5, 0.6) is 0 Å². The van der Waals surface area contributed by atoms with E-state index < -0.39 is 69.8 Å². The summed E-state index contributed by atoms with van der Waals surface area (Å²) in [7, 11) is -17.8. The highest BCUT2D eigenvalue weighted by Crippen LogP contribution is 2.28. The average molecular weight is 907 g/mol. The Morgan fingerprint density at radius 2 is 1.31 bits per heavy atom. The molecule has 2 aromatic carbocycles. The van der Waals surface area contributed by atoms with Crippen LogP contribution in [-0.2, 0) is 59.7 Å². The number of carbonyl (C=O) groups excluding carboxylic acids is 3. The van der Waals surface area contributed by atoms with Gasteiger partial charge in [0.15, 0.2) is 5.71 Å². The number of hydrogen-bond donors (Lipinski definition) is 4. The van der Waals surface area contributed by atoms with Crippen LogP contribution < -0.4 is 4.90 Å². The average Bonchev–Trinajstić information content (AvgIpc) is 3.42. The molecule has 1 aliphatic heterocycles. The molecule has 1 fully saturated rings. The molecule has 19 nitrogen and oxygen atoms in total. The number of hydrogen-bond acceptors (Lipinski definition) is 13. The maximum absolute atomic E-state index is 12.4. The number of anilines is 1. The molecule has 4 N–H and O–H groups in total. The minimum Gasteiger partial charge on any atom is -0.345 e. The number of nitrogens with zero attached hydrogens (tertiary/aromatic N) is 3. The number of hydroxylamine groups is 2. The Hall–Kier alpha value is -4.36. The maximum atomic E-state index is 12.4. The Morgan fingerprint density at radius 3 is 1.85 bits per heavy atom. The Kier molecular flexibility index (Phi) is 17.2. The van der Waals surface area contributed by atoms with Gasteiger partial charge in [-0.25, -0.2) is 4.79 Å². The first kappa shape index (κ1) is 49.0. The fourth-order valence-electron chi connectivity index (χ4n) is 6.15. The highest BCUT2D eigenvalue weighted by Gasteiger charge is 2.32. The molecule has 2 aromatic rings. The van der Waals surface area contributed by atoms with Gasteiger partial charge in [-0.1, -0.05) is 12.5 Å². The molecule has 1 aliphatic rings. The summed E-state index contributed by atoms with van der Waals surface area (Å²) in [5.74, 6) is -3.19. The summed E-state index contributed by atoms with van der Waals surface area (Å²) in [4.78, 5) is 41.8. The van der Waals surface area contributed by atoms with Crippen LogP contribution in [0.15, 0.2) is 70.1 Å². The van der Waals surface area contributed by atoms with E-state index in [1.807, 2.05) is 0 Å². The number of benzene rings is 2. The summed E-state index contributed by atoms with van der Waals surface area (Å²) in [6.07, 6.45) is 6.04. The van der Waals surface area contributed by atoms with E-state index in [2.05, 4.69) is 0 Å². The molecule has 0 aromatic heterocycles. The smallest absolute Gasteiger partial charge is 0.333 e. The van der Waals surface area contributed by atoms with E-state index in [0.29, 0.717) is 58.2 Å². The molecule has 0 atom stereocenters. The van der Waals surface area contributed by atoms with Crippen molar-refractivity contribution in [3.05, 3.63) is 71.5 Å². The van der Waals surface area contributed by atoms with Gasteiger partial charge in [-0.3, -0.25) is 27.8 Å². The Balaban J connectivity index is 2.05. The van der Waals surface area contributed by atoms with Crippen LogP contribution in [0.3, 0.4) is 0 Å². The molecule has 0 aliphatic carbocycles. The molecule has 59 heavy (non-hydrogen) atoms. The topological polar surface area (TPSA) is 287 Å². The SMILES string of the molecule is CC(=CC=CC(CCCCCC(=O)ON1C(=O)CCC1=O)=[N+](CCCS(=O)(=O)O)c1ccc(S(=O)(=O)O)cc1C)N(CCCS(=O)(=O)O)c1ccc(S(=O)(=O)O)cc1C. The third kappa shape index (κ3) is 16.0. The third-order valence-electron chi connectivity index (χ3n) is 8.99. The van der Waals surface area contributed by atoms with Gasteiger partial charge in [0.25, 0.3) is 52.3 Å². The first-order valence-corrected chi connectivity index (χ1v) is 24.3. The van der Waals surface area contributed by atoms with Crippen LogP contribution in [-0.4, -0.2) is 110 Å². The summed E-state index contributed by atoms with van der Waals surface area (Å²) in [5.41, 5.74) is 2.74. The first-order valence-electron chi connectivity index (χ1n) is 18.2. The number of rotatable bonds is 22. The molecule has 0 bridgehead atoms. The fourth-order valence-corrected chi connectivity index (χ4v) is 8.27. The second kappa shape index (κ2) is 20.7. The van der Waals surface area contributed by atoms with E-state index in [4.69, 9.17) is 4.84 Å². The van der Waals surface area contributed by atoms with E-state index in [1.165, 1.54) is 36.4 Å². The number of aryl methyl sites for hydroxylation is 2. The third-order valence-corrected chi connectivity index (χ3v) is 12.3. The van der Waals surface area contributed by atoms with Gasteiger partial charge in [0.05, 0.1) is 21.3 Å². The van der Waals surface area contributed by atoms with Crippen molar-refractivity contribution in [3.63, 3.8) is 0 Å². The van der Waals surface area contributed by atoms with Crippen LogP contribution in [0.1, 0.15) is 75.8 Å². The number of unbranched alkanes of at least 4 members (excludes halogenated alkanes) is 2. The van der Waals surface area contributed by atoms with Crippen molar-refractivity contribution < 1.29 is 75.7 Å². The molecule has 3 rings (SSSR count). The first-order chi connectivity index (χ1) is 27.3. The van der Waals surface area contributed by atoms with Gasteiger partial charge in [0.1, 0.15) is 6.54 Å². The highest BCUT2D eigenvalue weighted by atomic mass is 32.2. The van der Waals surface area contributed by atoms with E-state index in [9.17, 15) is 66.3 Å². The van der Waals surface area contributed by atoms with Gasteiger partial charge in [0.2, 0.25) is 5.69 Å². The van der Waals surface area contributed by atoms with Gasteiger partial charge in [0, 0.05) is 67.7 Å². The summed E-state index contributed by atoms with van der Waals surface area (Å²) in [5, 5.41) is 0.458. The fraction of sp³-hybridized carbons (Fsp3) is 0.444. The molecule has 0 spiro atoms.